The first-order valence-electron chi connectivity index (χ1n) is 11.1. The quantitative estimate of drug-likeness (QED) is 0.324. The molecule has 1 fully saturated rings. The van der Waals surface area contributed by atoms with E-state index in [0.29, 0.717) is 62.8 Å². The molecule has 9 heteroatoms. The van der Waals surface area contributed by atoms with Crippen molar-refractivity contribution in [2.75, 3.05) is 20.3 Å². The average molecular weight is 532 g/mol. The highest BCUT2D eigenvalue weighted by Crippen LogP contribution is 2.56. The molecule has 0 N–H and O–H groups in total. The second-order valence-corrected chi connectivity index (χ2v) is 9.70. The number of esters is 1. The minimum Gasteiger partial charge on any atom is -0.493 e. The minimum absolute atomic E-state index is 0.112. The van der Waals surface area contributed by atoms with Gasteiger partial charge in [-0.3, -0.25) is 0 Å². The fraction of sp³-hybridized carbons (Fsp3) is 0.269. The van der Waals surface area contributed by atoms with E-state index < -0.39 is 5.97 Å². The SMILES string of the molecule is COC(=O)c1ccc(C2CC2c2ccc(OCC3CON=C3c3c(Cl)cccc3Cl)cc2Cl)cn1. The van der Waals surface area contributed by atoms with Crippen LogP contribution in [0.1, 0.15) is 45.4 Å². The number of halogens is 3. The summed E-state index contributed by atoms with van der Waals surface area (Å²) in [5.41, 5.74) is 3.78. The predicted molar refractivity (Wildman–Crippen MR) is 135 cm³/mol. The number of nitrogens with zero attached hydrogens (tertiary/aromatic N) is 2. The molecule has 35 heavy (non-hydrogen) atoms. The summed E-state index contributed by atoms with van der Waals surface area (Å²) in [6, 6.07) is 14.7. The zero-order valence-corrected chi connectivity index (χ0v) is 21.0. The Bertz CT molecular complexity index is 1280. The van der Waals surface area contributed by atoms with E-state index in [1.54, 1.807) is 30.5 Å². The molecule has 1 aromatic heterocycles. The van der Waals surface area contributed by atoms with Crippen molar-refractivity contribution in [1.29, 1.82) is 0 Å². The van der Waals surface area contributed by atoms with Gasteiger partial charge in [0.15, 0.2) is 0 Å². The van der Waals surface area contributed by atoms with Crippen molar-refractivity contribution in [1.82, 2.24) is 4.98 Å². The second kappa shape index (κ2) is 10.1. The molecule has 180 valence electrons. The van der Waals surface area contributed by atoms with Crippen LogP contribution in [-0.2, 0) is 9.57 Å². The van der Waals surface area contributed by atoms with E-state index in [1.165, 1.54) is 7.11 Å². The van der Waals surface area contributed by atoms with E-state index in [2.05, 4.69) is 10.1 Å². The van der Waals surface area contributed by atoms with Gasteiger partial charge in [-0.1, -0.05) is 58.2 Å². The number of benzene rings is 2. The molecule has 1 aliphatic heterocycles. The zero-order valence-electron chi connectivity index (χ0n) is 18.7. The third-order valence-corrected chi connectivity index (χ3v) is 7.22. The summed E-state index contributed by atoms with van der Waals surface area (Å²) < 4.78 is 10.7. The van der Waals surface area contributed by atoms with E-state index in [1.807, 2.05) is 24.3 Å². The Balaban J connectivity index is 1.23. The second-order valence-electron chi connectivity index (χ2n) is 8.48. The number of methoxy groups -OCH3 is 1. The van der Waals surface area contributed by atoms with Gasteiger partial charge < -0.3 is 14.3 Å². The van der Waals surface area contributed by atoms with Crippen molar-refractivity contribution >= 4 is 46.5 Å². The number of pyridine rings is 1. The van der Waals surface area contributed by atoms with Crippen LogP contribution in [0, 0.1) is 5.92 Å². The maximum absolute atomic E-state index is 11.6. The van der Waals surface area contributed by atoms with E-state index in [4.69, 9.17) is 49.1 Å². The highest BCUT2D eigenvalue weighted by Gasteiger charge is 2.41. The number of hydrogen-bond acceptors (Lipinski definition) is 6. The largest absolute Gasteiger partial charge is 0.493 e. The lowest BCUT2D eigenvalue weighted by molar-refractivity contribution is 0.0594. The van der Waals surface area contributed by atoms with Crippen molar-refractivity contribution in [3.8, 4) is 5.75 Å². The van der Waals surface area contributed by atoms with Crippen molar-refractivity contribution in [2.24, 2.45) is 11.1 Å². The Morgan fingerprint density at radius 2 is 1.86 bits per heavy atom. The van der Waals surface area contributed by atoms with Crippen molar-refractivity contribution in [3.05, 3.63) is 92.2 Å². The molecule has 2 aliphatic rings. The third kappa shape index (κ3) is 4.96. The first-order valence-corrected chi connectivity index (χ1v) is 12.2. The van der Waals surface area contributed by atoms with Crippen LogP contribution in [0.25, 0.3) is 0 Å². The van der Waals surface area contributed by atoms with Gasteiger partial charge in [-0.2, -0.15) is 0 Å². The van der Waals surface area contributed by atoms with Gasteiger partial charge in [0.2, 0.25) is 0 Å². The summed E-state index contributed by atoms with van der Waals surface area (Å²) in [5, 5.41) is 5.85. The summed E-state index contributed by atoms with van der Waals surface area (Å²) in [5.74, 6) is 0.718. The molecule has 0 spiro atoms. The van der Waals surface area contributed by atoms with Gasteiger partial charge in [-0.15, -0.1) is 0 Å². The standard InChI is InChI=1S/C26H21Cl3N2O4/c1-33-26(32)23-8-5-14(11-30-23)18-10-19(18)17-7-6-16(9-22(17)29)34-12-15-13-35-31-25(15)24-20(27)3-2-4-21(24)28/h2-9,11,15,18-19H,10,12-13H2,1H3. The number of carbonyl (C=O) groups is 1. The fourth-order valence-electron chi connectivity index (χ4n) is 4.32. The average Bonchev–Trinajstić information content (AvgIpc) is 3.52. The van der Waals surface area contributed by atoms with E-state index in [-0.39, 0.29) is 5.92 Å². The zero-order chi connectivity index (χ0) is 24.5. The molecule has 6 nitrogen and oxygen atoms in total. The number of oxime groups is 1. The van der Waals surface area contributed by atoms with Crippen LogP contribution in [0.3, 0.4) is 0 Å². The van der Waals surface area contributed by atoms with Crippen molar-refractivity contribution in [2.45, 2.75) is 18.3 Å². The molecule has 0 amide bonds. The molecular formula is C26H21Cl3N2O4. The normalized spacial score (nSPS) is 20.7. The molecule has 3 atom stereocenters. The Hall–Kier alpha value is -2.80. The molecule has 1 aliphatic carbocycles. The summed E-state index contributed by atoms with van der Waals surface area (Å²) in [4.78, 5) is 21.1. The summed E-state index contributed by atoms with van der Waals surface area (Å²) in [7, 11) is 1.34. The number of hydrogen-bond donors (Lipinski definition) is 0. The van der Waals surface area contributed by atoms with Crippen LogP contribution in [0.15, 0.2) is 59.9 Å². The maximum atomic E-state index is 11.6. The van der Waals surface area contributed by atoms with Gasteiger partial charge in [0.05, 0.1) is 28.8 Å². The van der Waals surface area contributed by atoms with Crippen molar-refractivity contribution < 1.29 is 19.1 Å². The van der Waals surface area contributed by atoms with Gasteiger partial charge in [0.1, 0.15) is 24.7 Å². The van der Waals surface area contributed by atoms with Crippen LogP contribution in [0.2, 0.25) is 15.1 Å². The first-order chi connectivity index (χ1) is 17.0. The number of carbonyl (C=O) groups excluding carboxylic acids is 1. The van der Waals surface area contributed by atoms with Gasteiger partial charge >= 0.3 is 5.97 Å². The lowest BCUT2D eigenvalue weighted by Crippen LogP contribution is -2.22. The lowest BCUT2D eigenvalue weighted by Gasteiger charge is -2.15. The minimum atomic E-state index is -0.444. The number of rotatable bonds is 7. The van der Waals surface area contributed by atoms with Gasteiger partial charge in [-0.25, -0.2) is 9.78 Å². The Kier molecular flexibility index (Phi) is 6.87. The van der Waals surface area contributed by atoms with Gasteiger partial charge in [0, 0.05) is 16.8 Å². The maximum Gasteiger partial charge on any atom is 0.356 e. The van der Waals surface area contributed by atoms with E-state index in [0.717, 1.165) is 17.5 Å². The van der Waals surface area contributed by atoms with Crippen LogP contribution < -0.4 is 4.74 Å². The van der Waals surface area contributed by atoms with Crippen molar-refractivity contribution in [3.63, 3.8) is 0 Å². The van der Waals surface area contributed by atoms with Crippen LogP contribution in [0.5, 0.6) is 5.75 Å². The third-order valence-electron chi connectivity index (χ3n) is 6.27. The Morgan fingerprint density at radius 3 is 2.54 bits per heavy atom. The van der Waals surface area contributed by atoms with Gasteiger partial charge in [-0.05, 0) is 59.7 Å². The molecule has 0 radical (unpaired) electrons. The highest BCUT2D eigenvalue weighted by atomic mass is 35.5. The molecule has 2 heterocycles. The molecule has 3 aromatic rings. The molecule has 2 aromatic carbocycles. The predicted octanol–water partition coefficient (Wildman–Crippen LogP) is 6.53. The fourth-order valence-corrected chi connectivity index (χ4v) is 5.22. The van der Waals surface area contributed by atoms with Crippen LogP contribution in [-0.4, -0.2) is 37.0 Å². The smallest absolute Gasteiger partial charge is 0.356 e. The van der Waals surface area contributed by atoms with E-state index >= 15 is 0 Å². The van der Waals surface area contributed by atoms with E-state index in [9.17, 15) is 4.79 Å². The van der Waals surface area contributed by atoms with Crippen LogP contribution >= 0.6 is 34.8 Å². The van der Waals surface area contributed by atoms with Crippen LogP contribution in [0.4, 0.5) is 0 Å². The van der Waals surface area contributed by atoms with Gasteiger partial charge in [0.25, 0.3) is 0 Å². The topological polar surface area (TPSA) is 70.0 Å². The highest BCUT2D eigenvalue weighted by molar-refractivity contribution is 6.40. The molecule has 5 rings (SSSR count). The number of aromatic nitrogens is 1. The summed E-state index contributed by atoms with van der Waals surface area (Å²) in [6.45, 7) is 0.732. The number of ether oxygens (including phenoxy) is 2. The molecular weight excluding hydrogens is 511 g/mol. The first kappa shape index (κ1) is 23.9. The molecule has 0 bridgehead atoms. The summed E-state index contributed by atoms with van der Waals surface area (Å²) in [6.07, 6.45) is 2.70. The molecule has 3 unspecified atom stereocenters. The Labute approximate surface area is 217 Å². The monoisotopic (exact) mass is 530 g/mol. The summed E-state index contributed by atoms with van der Waals surface area (Å²) >= 11 is 19.3. The Morgan fingerprint density at radius 1 is 1.06 bits per heavy atom. The molecule has 1 saturated carbocycles. The lowest BCUT2D eigenvalue weighted by atomic mass is 9.98. The molecule has 0 saturated heterocycles.